The van der Waals surface area contributed by atoms with Crippen LogP contribution in [0.25, 0.3) is 16.7 Å². The van der Waals surface area contributed by atoms with Gasteiger partial charge in [0.15, 0.2) is 5.43 Å². The van der Waals surface area contributed by atoms with E-state index in [9.17, 15) is 13.6 Å². The lowest BCUT2D eigenvalue weighted by molar-refractivity contribution is 0.567. The molecule has 1 saturated heterocycles. The molecule has 0 spiro atoms. The van der Waals surface area contributed by atoms with Crippen LogP contribution in [0.4, 0.5) is 14.5 Å². The number of anilines is 1. The lowest BCUT2D eigenvalue weighted by Crippen LogP contribution is -2.43. The van der Waals surface area contributed by atoms with Crippen molar-refractivity contribution in [3.05, 3.63) is 64.6 Å². The van der Waals surface area contributed by atoms with Gasteiger partial charge in [0.1, 0.15) is 17.5 Å². The summed E-state index contributed by atoms with van der Waals surface area (Å²) >= 11 is 0. The Bertz CT molecular complexity index is 979. The topological polar surface area (TPSA) is 50.2 Å². The number of fused-ring (bicyclic) bond motifs is 1. The summed E-state index contributed by atoms with van der Waals surface area (Å²) in [4.78, 5) is 18.2. The molecule has 1 aliphatic rings. The third-order valence-electron chi connectivity index (χ3n) is 4.38. The summed E-state index contributed by atoms with van der Waals surface area (Å²) in [7, 11) is 0. The summed E-state index contributed by atoms with van der Waals surface area (Å²) in [6, 6.07) is 7.12. The van der Waals surface area contributed by atoms with Crippen molar-refractivity contribution >= 4 is 16.6 Å². The van der Waals surface area contributed by atoms with E-state index in [0.717, 1.165) is 19.3 Å². The SMILES string of the molecule is O=c1ccn(-c2ccc(F)cn2)c2cc(N3CCNCC3)c(F)cc12. The molecule has 5 nitrogen and oxygen atoms in total. The maximum Gasteiger partial charge on any atom is 0.189 e. The molecule has 0 atom stereocenters. The van der Waals surface area contributed by atoms with E-state index in [1.54, 1.807) is 16.8 Å². The standard InChI is InChI=1S/C18H16F2N4O/c19-12-1-2-18(22-11-12)24-6-3-17(25)13-9-14(20)16(10-15(13)24)23-7-4-21-5-8-23/h1-3,6,9-11,21H,4-5,7-8H2. The maximum absolute atomic E-state index is 14.6. The molecule has 0 aliphatic carbocycles. The van der Waals surface area contributed by atoms with Crippen molar-refractivity contribution < 1.29 is 8.78 Å². The van der Waals surface area contributed by atoms with Crippen LogP contribution in [0.5, 0.6) is 0 Å². The molecule has 3 heterocycles. The number of nitrogens with one attached hydrogen (secondary N) is 1. The fourth-order valence-corrected chi connectivity index (χ4v) is 3.12. The highest BCUT2D eigenvalue weighted by Crippen LogP contribution is 2.26. The first-order chi connectivity index (χ1) is 12.1. The van der Waals surface area contributed by atoms with Crippen LogP contribution in [0.3, 0.4) is 0 Å². The molecular formula is C18H16F2N4O. The summed E-state index contributed by atoms with van der Waals surface area (Å²) in [6.07, 6.45) is 2.68. The largest absolute Gasteiger partial charge is 0.367 e. The van der Waals surface area contributed by atoms with E-state index >= 15 is 0 Å². The molecule has 0 unspecified atom stereocenters. The molecule has 1 fully saturated rings. The minimum absolute atomic E-state index is 0.265. The highest BCUT2D eigenvalue weighted by Gasteiger charge is 2.17. The zero-order valence-corrected chi connectivity index (χ0v) is 13.4. The molecule has 128 valence electrons. The van der Waals surface area contributed by atoms with E-state index in [0.29, 0.717) is 30.1 Å². The molecule has 7 heteroatoms. The number of pyridine rings is 2. The number of halogens is 2. The summed E-state index contributed by atoms with van der Waals surface area (Å²) in [5.74, 6) is -0.401. The molecule has 25 heavy (non-hydrogen) atoms. The van der Waals surface area contributed by atoms with E-state index in [-0.39, 0.29) is 10.8 Å². The van der Waals surface area contributed by atoms with Crippen LogP contribution in [-0.4, -0.2) is 35.7 Å². The normalized spacial score (nSPS) is 14.9. The Morgan fingerprint density at radius 3 is 2.60 bits per heavy atom. The Hall–Kier alpha value is -2.80. The number of hydrogen-bond acceptors (Lipinski definition) is 4. The maximum atomic E-state index is 14.6. The number of hydrogen-bond donors (Lipinski definition) is 1. The van der Waals surface area contributed by atoms with Gasteiger partial charge in [0.25, 0.3) is 0 Å². The zero-order chi connectivity index (χ0) is 17.4. The predicted molar refractivity (Wildman–Crippen MR) is 92.3 cm³/mol. The molecule has 1 aromatic carbocycles. The predicted octanol–water partition coefficient (Wildman–Crippen LogP) is 2.07. The van der Waals surface area contributed by atoms with E-state index < -0.39 is 11.6 Å². The van der Waals surface area contributed by atoms with Gasteiger partial charge in [-0.15, -0.1) is 0 Å². The Labute approximate surface area is 142 Å². The van der Waals surface area contributed by atoms with Crippen molar-refractivity contribution in [1.29, 1.82) is 0 Å². The summed E-state index contributed by atoms with van der Waals surface area (Å²) in [5, 5.41) is 3.50. The second kappa shape index (κ2) is 6.25. The van der Waals surface area contributed by atoms with Crippen LogP contribution >= 0.6 is 0 Å². The molecule has 0 saturated carbocycles. The Morgan fingerprint density at radius 2 is 1.88 bits per heavy atom. The second-order valence-corrected chi connectivity index (χ2v) is 5.94. The van der Waals surface area contributed by atoms with Gasteiger partial charge in [-0.3, -0.25) is 4.79 Å². The smallest absolute Gasteiger partial charge is 0.189 e. The first-order valence-electron chi connectivity index (χ1n) is 8.06. The lowest BCUT2D eigenvalue weighted by atomic mass is 10.1. The third kappa shape index (κ3) is 2.87. The number of rotatable bonds is 2. The minimum Gasteiger partial charge on any atom is -0.367 e. The monoisotopic (exact) mass is 342 g/mol. The van der Waals surface area contributed by atoms with Crippen molar-refractivity contribution in [3.63, 3.8) is 0 Å². The molecule has 1 aliphatic heterocycles. The first kappa shape index (κ1) is 15.7. The van der Waals surface area contributed by atoms with E-state index in [1.165, 1.54) is 24.3 Å². The van der Waals surface area contributed by atoms with Gasteiger partial charge in [0.05, 0.1) is 17.4 Å². The van der Waals surface area contributed by atoms with Gasteiger partial charge >= 0.3 is 0 Å². The van der Waals surface area contributed by atoms with Crippen LogP contribution in [0, 0.1) is 11.6 Å². The molecular weight excluding hydrogens is 326 g/mol. The molecule has 3 aromatic rings. The van der Waals surface area contributed by atoms with Crippen LogP contribution in [-0.2, 0) is 0 Å². The van der Waals surface area contributed by atoms with Crippen molar-refractivity contribution in [2.24, 2.45) is 0 Å². The molecule has 4 rings (SSSR count). The molecule has 0 amide bonds. The van der Waals surface area contributed by atoms with Gasteiger partial charge in [-0.25, -0.2) is 13.8 Å². The number of piperazine rings is 1. The highest BCUT2D eigenvalue weighted by atomic mass is 19.1. The highest BCUT2D eigenvalue weighted by molar-refractivity contribution is 5.84. The van der Waals surface area contributed by atoms with E-state index in [1.807, 2.05) is 4.90 Å². The number of nitrogens with zero attached hydrogens (tertiary/aromatic N) is 3. The summed E-state index contributed by atoms with van der Waals surface area (Å²) in [6.45, 7) is 2.93. The van der Waals surface area contributed by atoms with E-state index in [2.05, 4.69) is 10.3 Å². The number of benzene rings is 1. The first-order valence-corrected chi connectivity index (χ1v) is 8.06. The van der Waals surface area contributed by atoms with Gasteiger partial charge in [-0.2, -0.15) is 0 Å². The second-order valence-electron chi connectivity index (χ2n) is 5.94. The van der Waals surface area contributed by atoms with Gasteiger partial charge in [0.2, 0.25) is 0 Å². The Kier molecular flexibility index (Phi) is 3.93. The quantitative estimate of drug-likeness (QED) is 0.775. The Morgan fingerprint density at radius 1 is 1.08 bits per heavy atom. The molecule has 0 radical (unpaired) electrons. The van der Waals surface area contributed by atoms with Crippen molar-refractivity contribution in [2.75, 3.05) is 31.1 Å². The van der Waals surface area contributed by atoms with Gasteiger partial charge in [-0.1, -0.05) is 0 Å². The minimum atomic E-state index is -0.443. The van der Waals surface area contributed by atoms with Crippen LogP contribution in [0.15, 0.2) is 47.5 Å². The fraction of sp³-hybridized carbons (Fsp3) is 0.222. The van der Waals surface area contributed by atoms with Gasteiger partial charge < -0.3 is 14.8 Å². The zero-order valence-electron chi connectivity index (χ0n) is 13.4. The van der Waals surface area contributed by atoms with Crippen LogP contribution in [0.2, 0.25) is 0 Å². The van der Waals surface area contributed by atoms with Gasteiger partial charge in [0, 0.05) is 43.8 Å². The van der Waals surface area contributed by atoms with Crippen molar-refractivity contribution in [1.82, 2.24) is 14.9 Å². The summed E-state index contributed by atoms with van der Waals surface area (Å²) < 4.78 is 29.4. The molecule has 2 aromatic heterocycles. The fourth-order valence-electron chi connectivity index (χ4n) is 3.12. The number of aromatic nitrogens is 2. The average molecular weight is 342 g/mol. The molecule has 1 N–H and O–H groups in total. The van der Waals surface area contributed by atoms with Crippen molar-refractivity contribution in [3.8, 4) is 5.82 Å². The van der Waals surface area contributed by atoms with Crippen LogP contribution < -0.4 is 15.6 Å². The van der Waals surface area contributed by atoms with E-state index in [4.69, 9.17) is 0 Å². The average Bonchev–Trinajstić information content (AvgIpc) is 2.64. The third-order valence-corrected chi connectivity index (χ3v) is 4.38. The lowest BCUT2D eigenvalue weighted by Gasteiger charge is -2.30. The van der Waals surface area contributed by atoms with Crippen molar-refractivity contribution in [2.45, 2.75) is 0 Å². The molecule has 0 bridgehead atoms. The Balaban J connectivity index is 1.93. The summed E-state index contributed by atoms with van der Waals surface area (Å²) in [5.41, 5.74) is 0.733. The van der Waals surface area contributed by atoms with Crippen LogP contribution in [0.1, 0.15) is 0 Å². The van der Waals surface area contributed by atoms with Gasteiger partial charge in [-0.05, 0) is 24.3 Å².